The smallest absolute Gasteiger partial charge is 0.192 e. The average Bonchev–Trinajstić information content (AvgIpc) is 2.60. The van der Waals surface area contributed by atoms with Crippen LogP contribution >= 0.6 is 11.6 Å². The molecule has 0 saturated heterocycles. The number of alkyl halides is 1. The zero-order chi connectivity index (χ0) is 20.1. The summed E-state index contributed by atoms with van der Waals surface area (Å²) in [5.41, 5.74) is 1.59. The summed E-state index contributed by atoms with van der Waals surface area (Å²) >= 11 is 5.92. The minimum atomic E-state index is -1.92. The monoisotopic (exact) mass is 408 g/mol. The third kappa shape index (κ3) is 6.06. The van der Waals surface area contributed by atoms with Gasteiger partial charge in [-0.25, -0.2) is 4.39 Å². The van der Waals surface area contributed by atoms with Crippen LogP contribution < -0.4 is 4.74 Å². The Hall–Kier alpha value is -1.36. The predicted molar refractivity (Wildman–Crippen MR) is 114 cm³/mol. The molecule has 0 fully saturated rings. The lowest BCUT2D eigenvalue weighted by atomic mass is 10.1. The molecule has 0 heterocycles. The first-order chi connectivity index (χ1) is 12.6. The summed E-state index contributed by atoms with van der Waals surface area (Å²) in [6.45, 7) is 11.1. The van der Waals surface area contributed by atoms with Crippen molar-refractivity contribution in [1.82, 2.24) is 0 Å². The van der Waals surface area contributed by atoms with Gasteiger partial charge in [0.1, 0.15) is 17.7 Å². The van der Waals surface area contributed by atoms with Crippen LogP contribution in [0.1, 0.15) is 44.4 Å². The van der Waals surface area contributed by atoms with Crippen LogP contribution in [0, 0.1) is 5.82 Å². The molecule has 0 aliphatic heterocycles. The van der Waals surface area contributed by atoms with Crippen molar-refractivity contribution in [2.75, 3.05) is 5.88 Å². The van der Waals surface area contributed by atoms with E-state index in [2.05, 4.69) is 33.9 Å². The molecule has 2 aromatic rings. The maximum absolute atomic E-state index is 14.6. The molecule has 5 heteroatoms. The van der Waals surface area contributed by atoms with Crippen LogP contribution in [0.5, 0.6) is 5.75 Å². The van der Waals surface area contributed by atoms with Gasteiger partial charge in [0, 0.05) is 23.9 Å². The summed E-state index contributed by atoms with van der Waals surface area (Å²) < 4.78 is 26.7. The number of rotatable bonds is 8. The Morgan fingerprint density at radius 1 is 1.07 bits per heavy atom. The van der Waals surface area contributed by atoms with Crippen molar-refractivity contribution in [3.8, 4) is 5.75 Å². The molecule has 148 valence electrons. The van der Waals surface area contributed by atoms with E-state index < -0.39 is 8.32 Å². The summed E-state index contributed by atoms with van der Waals surface area (Å²) in [7, 11) is -1.92. The van der Waals surface area contributed by atoms with Crippen LogP contribution in [-0.2, 0) is 11.0 Å². The molecule has 0 spiro atoms. The Morgan fingerprint density at radius 2 is 1.74 bits per heavy atom. The highest BCUT2D eigenvalue weighted by Crippen LogP contribution is 2.37. The van der Waals surface area contributed by atoms with Crippen LogP contribution in [-0.4, -0.2) is 14.2 Å². The van der Waals surface area contributed by atoms with Gasteiger partial charge in [0.2, 0.25) is 0 Å². The number of ether oxygens (including phenoxy) is 1. The van der Waals surface area contributed by atoms with Gasteiger partial charge in [0.05, 0.1) is 6.61 Å². The molecule has 0 amide bonds. The number of hydrogen-bond donors (Lipinski definition) is 0. The standard InChI is InChI=1S/C22H30ClFO2Si/c1-22(2,3)27(4,5)25-16-18-11-12-19(15-20(18)24)26-21(13-14-23)17-9-7-6-8-10-17/h6-12,15,21H,13-14,16H2,1-5H3/t21-/m0/s1. The topological polar surface area (TPSA) is 18.5 Å². The van der Waals surface area contributed by atoms with E-state index >= 15 is 0 Å². The van der Waals surface area contributed by atoms with Gasteiger partial charge >= 0.3 is 0 Å². The maximum Gasteiger partial charge on any atom is 0.192 e. The number of hydrogen-bond acceptors (Lipinski definition) is 2. The summed E-state index contributed by atoms with van der Waals surface area (Å²) in [5.74, 6) is 0.673. The Balaban J connectivity index is 2.09. The van der Waals surface area contributed by atoms with E-state index in [4.69, 9.17) is 20.8 Å². The molecule has 0 aliphatic rings. The molecular weight excluding hydrogens is 379 g/mol. The highest BCUT2D eigenvalue weighted by molar-refractivity contribution is 6.74. The Labute approximate surface area is 168 Å². The number of benzene rings is 2. The van der Waals surface area contributed by atoms with Crippen molar-refractivity contribution >= 4 is 19.9 Å². The van der Waals surface area contributed by atoms with Crippen molar-refractivity contribution in [1.29, 1.82) is 0 Å². The second kappa shape index (κ2) is 9.22. The molecule has 2 aromatic carbocycles. The van der Waals surface area contributed by atoms with Gasteiger partial charge in [0.15, 0.2) is 8.32 Å². The summed E-state index contributed by atoms with van der Waals surface area (Å²) in [5, 5.41) is 0.0942. The van der Waals surface area contributed by atoms with E-state index in [0.717, 1.165) is 5.56 Å². The van der Waals surface area contributed by atoms with Gasteiger partial charge in [-0.2, -0.15) is 0 Å². The predicted octanol–water partition coefficient (Wildman–Crippen LogP) is 7.10. The molecule has 0 N–H and O–H groups in total. The lowest BCUT2D eigenvalue weighted by molar-refractivity contribution is 0.201. The van der Waals surface area contributed by atoms with Crippen molar-refractivity contribution < 1.29 is 13.6 Å². The fourth-order valence-corrected chi connectivity index (χ4v) is 3.57. The molecule has 2 nitrogen and oxygen atoms in total. The van der Waals surface area contributed by atoms with Crippen LogP contribution in [0.4, 0.5) is 4.39 Å². The van der Waals surface area contributed by atoms with E-state index in [1.54, 1.807) is 12.1 Å². The second-order valence-electron chi connectivity index (χ2n) is 8.30. The lowest BCUT2D eigenvalue weighted by Gasteiger charge is -2.36. The van der Waals surface area contributed by atoms with Gasteiger partial charge in [-0.1, -0.05) is 57.2 Å². The summed E-state index contributed by atoms with van der Waals surface area (Å²) in [6, 6.07) is 14.9. The van der Waals surface area contributed by atoms with Crippen LogP contribution in [0.15, 0.2) is 48.5 Å². The van der Waals surface area contributed by atoms with Gasteiger partial charge in [-0.15, -0.1) is 11.6 Å². The Kier molecular flexibility index (Phi) is 7.49. The second-order valence-corrected chi connectivity index (χ2v) is 13.5. The van der Waals surface area contributed by atoms with E-state index in [1.807, 2.05) is 30.3 Å². The van der Waals surface area contributed by atoms with Gasteiger partial charge in [-0.05, 0) is 29.8 Å². The highest BCUT2D eigenvalue weighted by Gasteiger charge is 2.37. The molecule has 1 atom stereocenters. The van der Waals surface area contributed by atoms with Crippen LogP contribution in [0.2, 0.25) is 18.1 Å². The quantitative estimate of drug-likeness (QED) is 0.342. The Bertz CT molecular complexity index is 729. The van der Waals surface area contributed by atoms with Crippen molar-refractivity contribution in [3.63, 3.8) is 0 Å². The molecular formula is C22H30ClFO2Si. The largest absolute Gasteiger partial charge is 0.486 e. The van der Waals surface area contributed by atoms with Gasteiger partial charge < -0.3 is 9.16 Å². The molecule has 27 heavy (non-hydrogen) atoms. The Morgan fingerprint density at radius 3 is 2.30 bits per heavy atom. The van der Waals surface area contributed by atoms with E-state index in [0.29, 0.717) is 23.6 Å². The summed E-state index contributed by atoms with van der Waals surface area (Å²) in [6.07, 6.45) is 0.459. The normalized spacial score (nSPS) is 13.4. The van der Waals surface area contributed by atoms with E-state index in [-0.39, 0.29) is 23.6 Å². The third-order valence-corrected chi connectivity index (χ3v) is 9.94. The first kappa shape index (κ1) is 21.9. The highest BCUT2D eigenvalue weighted by atomic mass is 35.5. The summed E-state index contributed by atoms with van der Waals surface area (Å²) in [4.78, 5) is 0. The zero-order valence-corrected chi connectivity index (χ0v) is 18.6. The molecule has 0 aliphatic carbocycles. The van der Waals surface area contributed by atoms with Crippen molar-refractivity contribution in [2.45, 2.75) is 58.0 Å². The fourth-order valence-electron chi connectivity index (χ4n) is 2.42. The first-order valence-corrected chi connectivity index (χ1v) is 12.8. The van der Waals surface area contributed by atoms with Crippen molar-refractivity contribution in [3.05, 3.63) is 65.5 Å². The maximum atomic E-state index is 14.6. The van der Waals surface area contributed by atoms with Gasteiger partial charge in [0.25, 0.3) is 0 Å². The zero-order valence-electron chi connectivity index (χ0n) is 16.9. The molecule has 2 rings (SSSR count). The van der Waals surface area contributed by atoms with E-state index in [9.17, 15) is 4.39 Å². The average molecular weight is 409 g/mol. The molecule has 0 aromatic heterocycles. The van der Waals surface area contributed by atoms with Crippen molar-refractivity contribution in [2.24, 2.45) is 0 Å². The molecule has 0 bridgehead atoms. The molecule has 0 saturated carbocycles. The first-order valence-electron chi connectivity index (χ1n) is 9.34. The molecule has 0 radical (unpaired) electrons. The minimum Gasteiger partial charge on any atom is -0.486 e. The number of halogens is 2. The third-order valence-electron chi connectivity index (χ3n) is 5.24. The van der Waals surface area contributed by atoms with Crippen LogP contribution in [0.3, 0.4) is 0 Å². The van der Waals surface area contributed by atoms with Crippen LogP contribution in [0.25, 0.3) is 0 Å². The SMILES string of the molecule is CC(C)(C)[Si](C)(C)OCc1ccc(O[C@@H](CCCl)c2ccccc2)cc1F. The molecule has 0 unspecified atom stereocenters. The minimum absolute atomic E-state index is 0.0942. The van der Waals surface area contributed by atoms with Gasteiger partial charge in [-0.3, -0.25) is 0 Å². The fraction of sp³-hybridized carbons (Fsp3) is 0.455. The lowest BCUT2D eigenvalue weighted by Crippen LogP contribution is -2.40. The van der Waals surface area contributed by atoms with E-state index in [1.165, 1.54) is 6.07 Å².